The van der Waals surface area contributed by atoms with Crippen molar-refractivity contribution in [1.29, 1.82) is 5.41 Å². The van der Waals surface area contributed by atoms with Crippen LogP contribution in [0.15, 0.2) is 54.6 Å². The van der Waals surface area contributed by atoms with Gasteiger partial charge in [-0.15, -0.1) is 0 Å². The predicted molar refractivity (Wildman–Crippen MR) is 77.9 cm³/mol. The lowest BCUT2D eigenvalue weighted by atomic mass is 10.0. The molecule has 0 aromatic heterocycles. The van der Waals surface area contributed by atoms with Crippen LogP contribution in [-0.2, 0) is 4.79 Å². The normalized spacial score (nSPS) is 10.1. The Kier molecular flexibility index (Phi) is 4.63. The number of hydrogen-bond donors (Lipinski definition) is 3. The molecule has 4 heteroatoms. The summed E-state index contributed by atoms with van der Waals surface area (Å²) in [7, 11) is 0. The Labute approximate surface area is 117 Å². The zero-order valence-electron chi connectivity index (χ0n) is 11.0. The van der Waals surface area contributed by atoms with E-state index in [9.17, 15) is 4.79 Å². The molecule has 0 spiro atoms. The molecule has 0 aliphatic carbocycles. The fourth-order valence-corrected chi connectivity index (χ4v) is 1.93. The minimum Gasteiger partial charge on any atom is -0.305 e. The second-order valence-corrected chi connectivity index (χ2v) is 4.46. The molecular formula is C16H16N2O2. The maximum atomic E-state index is 10.9. The van der Waals surface area contributed by atoms with Crippen LogP contribution in [0.2, 0.25) is 0 Å². The van der Waals surface area contributed by atoms with Crippen molar-refractivity contribution < 1.29 is 10.0 Å². The van der Waals surface area contributed by atoms with E-state index in [4.69, 9.17) is 10.6 Å². The Hall–Kier alpha value is -2.46. The molecule has 2 rings (SSSR count). The third kappa shape index (κ3) is 3.52. The van der Waals surface area contributed by atoms with Gasteiger partial charge in [0, 0.05) is 12.1 Å². The largest absolute Gasteiger partial charge is 0.305 e. The van der Waals surface area contributed by atoms with Crippen LogP contribution in [0.25, 0.3) is 11.1 Å². The van der Waals surface area contributed by atoms with Crippen LogP contribution in [0.1, 0.15) is 18.4 Å². The van der Waals surface area contributed by atoms with Gasteiger partial charge in [-0.25, -0.2) is 5.48 Å². The molecule has 0 saturated carbocycles. The molecule has 2 aromatic carbocycles. The first-order valence-corrected chi connectivity index (χ1v) is 6.37. The number of hydrogen-bond acceptors (Lipinski definition) is 3. The summed E-state index contributed by atoms with van der Waals surface area (Å²) >= 11 is 0. The van der Waals surface area contributed by atoms with Gasteiger partial charge in [0.25, 0.3) is 0 Å². The van der Waals surface area contributed by atoms with Crippen molar-refractivity contribution >= 4 is 11.6 Å². The Morgan fingerprint density at radius 2 is 1.55 bits per heavy atom. The van der Waals surface area contributed by atoms with Gasteiger partial charge in [0.2, 0.25) is 5.91 Å². The highest BCUT2D eigenvalue weighted by Crippen LogP contribution is 2.19. The van der Waals surface area contributed by atoms with Gasteiger partial charge in [-0.3, -0.25) is 10.0 Å². The van der Waals surface area contributed by atoms with Crippen LogP contribution in [0.3, 0.4) is 0 Å². The first-order chi connectivity index (χ1) is 9.70. The smallest absolute Gasteiger partial charge is 0.243 e. The van der Waals surface area contributed by atoms with Gasteiger partial charge < -0.3 is 5.41 Å². The highest BCUT2D eigenvalue weighted by Gasteiger charge is 2.06. The fourth-order valence-electron chi connectivity index (χ4n) is 1.93. The molecule has 0 unspecified atom stereocenters. The molecular weight excluding hydrogens is 252 g/mol. The molecule has 2 aromatic rings. The summed E-state index contributed by atoms with van der Waals surface area (Å²) in [5.74, 6) is -0.476. The van der Waals surface area contributed by atoms with E-state index < -0.39 is 5.91 Å². The maximum absolute atomic E-state index is 10.9. The van der Waals surface area contributed by atoms with E-state index in [1.807, 2.05) is 54.6 Å². The van der Waals surface area contributed by atoms with Crippen molar-refractivity contribution in [2.75, 3.05) is 0 Å². The van der Waals surface area contributed by atoms with Crippen LogP contribution in [0.5, 0.6) is 0 Å². The van der Waals surface area contributed by atoms with Gasteiger partial charge in [0.15, 0.2) is 0 Å². The molecule has 3 N–H and O–H groups in total. The summed E-state index contributed by atoms with van der Waals surface area (Å²) in [5, 5.41) is 16.3. The van der Waals surface area contributed by atoms with E-state index in [-0.39, 0.29) is 6.42 Å². The lowest BCUT2D eigenvalue weighted by molar-refractivity contribution is -0.129. The molecule has 0 bridgehead atoms. The molecule has 0 aliphatic rings. The van der Waals surface area contributed by atoms with Gasteiger partial charge >= 0.3 is 0 Å². The van der Waals surface area contributed by atoms with Gasteiger partial charge in [0.1, 0.15) is 0 Å². The molecule has 0 saturated heterocycles. The Balaban J connectivity index is 2.05. The summed E-state index contributed by atoms with van der Waals surface area (Å²) in [6.45, 7) is 0. The van der Waals surface area contributed by atoms with Crippen molar-refractivity contribution in [2.24, 2.45) is 0 Å². The number of benzene rings is 2. The van der Waals surface area contributed by atoms with Crippen molar-refractivity contribution in [2.45, 2.75) is 12.8 Å². The van der Waals surface area contributed by atoms with Crippen LogP contribution in [-0.4, -0.2) is 16.8 Å². The molecule has 0 heterocycles. The summed E-state index contributed by atoms with van der Waals surface area (Å²) in [6.07, 6.45) is 0.410. The second-order valence-electron chi connectivity index (χ2n) is 4.46. The lowest BCUT2D eigenvalue weighted by Gasteiger charge is -2.06. The summed E-state index contributed by atoms with van der Waals surface area (Å²) in [5.41, 5.74) is 4.96. The van der Waals surface area contributed by atoms with E-state index >= 15 is 0 Å². The maximum Gasteiger partial charge on any atom is 0.243 e. The van der Waals surface area contributed by atoms with Crippen LogP contribution in [0.4, 0.5) is 0 Å². The Bertz CT molecular complexity index is 592. The molecule has 0 radical (unpaired) electrons. The molecule has 4 nitrogen and oxygen atoms in total. The van der Waals surface area contributed by atoms with Crippen molar-refractivity contribution in [3.63, 3.8) is 0 Å². The van der Waals surface area contributed by atoms with Crippen molar-refractivity contribution in [3.8, 4) is 11.1 Å². The predicted octanol–water partition coefficient (Wildman–Crippen LogP) is 3.01. The van der Waals surface area contributed by atoms with Gasteiger partial charge in [-0.1, -0.05) is 54.6 Å². The summed E-state index contributed by atoms with van der Waals surface area (Å²) < 4.78 is 0. The van der Waals surface area contributed by atoms with Crippen molar-refractivity contribution in [1.82, 2.24) is 5.48 Å². The number of amides is 1. The quantitative estimate of drug-likeness (QED) is 0.443. The second kappa shape index (κ2) is 6.63. The minimum atomic E-state index is -0.476. The zero-order valence-corrected chi connectivity index (χ0v) is 11.0. The number of rotatable bonds is 5. The number of carbonyl (C=O) groups excluding carboxylic acids is 1. The van der Waals surface area contributed by atoms with Crippen LogP contribution < -0.4 is 5.48 Å². The zero-order chi connectivity index (χ0) is 14.4. The lowest BCUT2D eigenvalue weighted by Crippen LogP contribution is -2.19. The molecule has 20 heavy (non-hydrogen) atoms. The minimum absolute atomic E-state index is 0.107. The van der Waals surface area contributed by atoms with Crippen molar-refractivity contribution in [3.05, 3.63) is 60.2 Å². The third-order valence-corrected chi connectivity index (χ3v) is 3.07. The first kappa shape index (κ1) is 14.0. The van der Waals surface area contributed by atoms with Gasteiger partial charge in [-0.2, -0.15) is 0 Å². The number of hydroxylamine groups is 1. The summed E-state index contributed by atoms with van der Waals surface area (Å²) in [4.78, 5) is 10.9. The van der Waals surface area contributed by atoms with E-state index in [2.05, 4.69) is 0 Å². The molecule has 102 valence electrons. The molecule has 0 aliphatic heterocycles. The van der Waals surface area contributed by atoms with E-state index in [0.717, 1.165) is 16.7 Å². The van der Waals surface area contributed by atoms with Gasteiger partial charge in [-0.05, 0) is 23.1 Å². The van der Waals surface area contributed by atoms with Crippen LogP contribution >= 0.6 is 0 Å². The standard InChI is InChI=1S/C16H16N2O2/c17-15(10-11-16(19)18-20)14-8-6-13(7-9-14)12-4-2-1-3-5-12/h1-9,17,20H,10-11H2,(H,18,19). The van der Waals surface area contributed by atoms with E-state index in [0.29, 0.717) is 12.1 Å². The topological polar surface area (TPSA) is 73.2 Å². The SMILES string of the molecule is N=C(CCC(=O)NO)c1ccc(-c2ccccc2)cc1. The summed E-state index contributed by atoms with van der Waals surface area (Å²) in [6, 6.07) is 17.7. The molecule has 1 amide bonds. The first-order valence-electron chi connectivity index (χ1n) is 6.37. The van der Waals surface area contributed by atoms with E-state index in [1.165, 1.54) is 0 Å². The molecule has 0 atom stereocenters. The monoisotopic (exact) mass is 268 g/mol. The van der Waals surface area contributed by atoms with Crippen LogP contribution in [0, 0.1) is 5.41 Å². The average molecular weight is 268 g/mol. The third-order valence-electron chi connectivity index (χ3n) is 3.07. The highest BCUT2D eigenvalue weighted by molar-refractivity contribution is 6.00. The van der Waals surface area contributed by atoms with Gasteiger partial charge in [0.05, 0.1) is 0 Å². The molecule has 0 fully saturated rings. The fraction of sp³-hybridized carbons (Fsp3) is 0.125. The average Bonchev–Trinajstić information content (AvgIpc) is 2.53. The number of nitrogens with one attached hydrogen (secondary N) is 2. The Morgan fingerprint density at radius 3 is 2.15 bits per heavy atom. The Morgan fingerprint density at radius 1 is 0.950 bits per heavy atom. The van der Waals surface area contributed by atoms with E-state index in [1.54, 1.807) is 5.48 Å². The highest BCUT2D eigenvalue weighted by atomic mass is 16.5. The number of carbonyl (C=O) groups is 1.